The molecular formula is C25H26ClF4N7. The van der Waals surface area contributed by atoms with Crippen molar-refractivity contribution >= 4 is 23.4 Å². The molecule has 5 heterocycles. The Morgan fingerprint density at radius 1 is 0.946 bits per heavy atom. The molecular weight excluding hydrogens is 510 g/mol. The van der Waals surface area contributed by atoms with E-state index in [0.717, 1.165) is 37.7 Å². The number of hydrogen-bond donors (Lipinski definition) is 0. The Labute approximate surface area is 216 Å². The molecule has 12 heteroatoms. The van der Waals surface area contributed by atoms with Gasteiger partial charge in [-0.15, -0.1) is 10.2 Å². The van der Waals surface area contributed by atoms with Gasteiger partial charge in [-0.25, -0.2) is 9.37 Å². The molecule has 0 amide bonds. The van der Waals surface area contributed by atoms with Gasteiger partial charge in [-0.1, -0.05) is 11.6 Å². The Hall–Kier alpha value is -2.92. The Morgan fingerprint density at radius 2 is 1.65 bits per heavy atom. The normalized spacial score (nSPS) is 19.2. The molecule has 6 rings (SSSR count). The van der Waals surface area contributed by atoms with Gasteiger partial charge in [0.1, 0.15) is 17.2 Å². The van der Waals surface area contributed by atoms with Crippen LogP contribution in [0.5, 0.6) is 0 Å². The Morgan fingerprint density at radius 3 is 2.32 bits per heavy atom. The first-order valence-electron chi connectivity index (χ1n) is 12.0. The first-order valence-corrected chi connectivity index (χ1v) is 12.4. The molecule has 2 fully saturated rings. The molecule has 7 nitrogen and oxygen atoms in total. The maximum Gasteiger partial charge on any atom is 0.406 e. The van der Waals surface area contributed by atoms with Gasteiger partial charge in [0, 0.05) is 43.2 Å². The van der Waals surface area contributed by atoms with E-state index in [1.165, 1.54) is 24.8 Å². The molecule has 0 unspecified atom stereocenters. The fourth-order valence-corrected chi connectivity index (χ4v) is 5.70. The second kappa shape index (κ2) is 8.04. The fourth-order valence-electron chi connectivity index (χ4n) is 5.50. The Balaban J connectivity index is 1.26. The smallest absolute Gasteiger partial charge is 0.355 e. The molecule has 3 aromatic rings. The van der Waals surface area contributed by atoms with Gasteiger partial charge in [0.2, 0.25) is 5.95 Å². The number of hydrogen-bond acceptors (Lipinski definition) is 6. The molecule has 0 bridgehead atoms. The quantitative estimate of drug-likeness (QED) is 0.451. The van der Waals surface area contributed by atoms with E-state index in [4.69, 9.17) is 11.6 Å². The second-order valence-electron chi connectivity index (χ2n) is 10.9. The van der Waals surface area contributed by atoms with Crippen molar-refractivity contribution in [3.05, 3.63) is 58.3 Å². The summed E-state index contributed by atoms with van der Waals surface area (Å²) < 4.78 is 57.3. The van der Waals surface area contributed by atoms with E-state index < -0.39 is 11.7 Å². The standard InChI is InChI=1S/C25H26ClF4N7/c1-15-18(27)5-7-20(31-15)34-11-24(12-34)13-35(14-24)22-33-32-21-10-36(23(2,3)25(28,29)30)9-16-8-17(26)4-6-19(16)37(21)22/h4-8H,9-14H2,1-3H3. The molecule has 2 saturated heterocycles. The second-order valence-corrected chi connectivity index (χ2v) is 11.3. The molecule has 37 heavy (non-hydrogen) atoms. The third-order valence-electron chi connectivity index (χ3n) is 7.89. The van der Waals surface area contributed by atoms with Crippen LogP contribution >= 0.6 is 11.6 Å². The first kappa shape index (κ1) is 24.4. The highest BCUT2D eigenvalue weighted by atomic mass is 35.5. The Kier molecular flexibility index (Phi) is 5.30. The summed E-state index contributed by atoms with van der Waals surface area (Å²) in [4.78, 5) is 9.96. The molecule has 0 aliphatic carbocycles. The molecule has 0 atom stereocenters. The van der Waals surface area contributed by atoms with Crippen LogP contribution in [0.15, 0.2) is 30.3 Å². The third-order valence-corrected chi connectivity index (χ3v) is 8.13. The van der Waals surface area contributed by atoms with Crippen LogP contribution in [0, 0.1) is 18.2 Å². The average molecular weight is 536 g/mol. The number of pyridine rings is 1. The molecule has 196 valence electrons. The number of fused-ring (bicyclic) bond motifs is 3. The van der Waals surface area contributed by atoms with Crippen molar-refractivity contribution in [2.75, 3.05) is 36.0 Å². The highest BCUT2D eigenvalue weighted by Crippen LogP contribution is 2.45. The van der Waals surface area contributed by atoms with E-state index in [2.05, 4.69) is 25.0 Å². The summed E-state index contributed by atoms with van der Waals surface area (Å²) in [5, 5.41) is 9.21. The van der Waals surface area contributed by atoms with E-state index in [1.807, 2.05) is 10.6 Å². The molecule has 0 radical (unpaired) electrons. The highest BCUT2D eigenvalue weighted by Gasteiger charge is 2.54. The summed E-state index contributed by atoms with van der Waals surface area (Å²) >= 11 is 6.25. The van der Waals surface area contributed by atoms with Crippen molar-refractivity contribution in [2.45, 2.75) is 45.6 Å². The molecule has 1 aromatic carbocycles. The van der Waals surface area contributed by atoms with Gasteiger partial charge in [0.15, 0.2) is 5.82 Å². The number of aromatic nitrogens is 4. The lowest BCUT2D eigenvalue weighted by atomic mass is 9.73. The average Bonchev–Trinajstić information content (AvgIpc) is 3.08. The van der Waals surface area contributed by atoms with Gasteiger partial charge in [-0.2, -0.15) is 13.2 Å². The molecule has 2 aromatic heterocycles. The largest absolute Gasteiger partial charge is 0.406 e. The van der Waals surface area contributed by atoms with Crippen molar-refractivity contribution < 1.29 is 17.6 Å². The highest BCUT2D eigenvalue weighted by molar-refractivity contribution is 6.30. The van der Waals surface area contributed by atoms with Gasteiger partial charge in [-0.3, -0.25) is 9.47 Å². The SMILES string of the molecule is Cc1nc(N2CC3(C2)CN(c2nnc4n2-c2ccc(Cl)cc2CN(C(C)(C)C(F)(F)F)C4)C3)ccc1F. The van der Waals surface area contributed by atoms with Crippen LogP contribution in [0.2, 0.25) is 5.02 Å². The lowest BCUT2D eigenvalue weighted by Crippen LogP contribution is -2.73. The molecule has 0 saturated carbocycles. The van der Waals surface area contributed by atoms with Crippen LogP contribution in [-0.4, -0.2) is 62.5 Å². The number of rotatable bonds is 3. The summed E-state index contributed by atoms with van der Waals surface area (Å²) in [5.74, 6) is 1.51. The lowest BCUT2D eigenvalue weighted by molar-refractivity contribution is -0.224. The van der Waals surface area contributed by atoms with Crippen LogP contribution in [0.25, 0.3) is 5.69 Å². The van der Waals surface area contributed by atoms with E-state index in [0.29, 0.717) is 28.1 Å². The topological polar surface area (TPSA) is 53.3 Å². The number of anilines is 2. The molecule has 1 spiro atoms. The van der Waals surface area contributed by atoms with Crippen molar-refractivity contribution in [3.8, 4) is 5.69 Å². The zero-order chi connectivity index (χ0) is 26.3. The first-order chi connectivity index (χ1) is 17.4. The van der Waals surface area contributed by atoms with E-state index in [9.17, 15) is 17.6 Å². The number of benzene rings is 1. The van der Waals surface area contributed by atoms with Crippen LogP contribution in [0.1, 0.15) is 30.9 Å². The van der Waals surface area contributed by atoms with Gasteiger partial charge in [0.05, 0.1) is 17.9 Å². The van der Waals surface area contributed by atoms with E-state index >= 15 is 0 Å². The maximum atomic E-state index is 14.0. The summed E-state index contributed by atoms with van der Waals surface area (Å²) in [6, 6.07) is 8.40. The van der Waals surface area contributed by atoms with Gasteiger partial charge < -0.3 is 9.80 Å². The van der Waals surface area contributed by atoms with Crippen molar-refractivity contribution in [1.82, 2.24) is 24.6 Å². The number of halogens is 5. The zero-order valence-electron chi connectivity index (χ0n) is 20.6. The van der Waals surface area contributed by atoms with Crippen LogP contribution in [0.4, 0.5) is 29.3 Å². The zero-order valence-corrected chi connectivity index (χ0v) is 21.4. The summed E-state index contributed by atoms with van der Waals surface area (Å²) in [6.45, 7) is 7.16. The fraction of sp³-hybridized carbons (Fsp3) is 0.480. The maximum absolute atomic E-state index is 14.0. The third kappa shape index (κ3) is 3.85. The van der Waals surface area contributed by atoms with Crippen molar-refractivity contribution in [2.24, 2.45) is 5.41 Å². The Bertz CT molecular complexity index is 1370. The van der Waals surface area contributed by atoms with E-state index in [1.54, 1.807) is 25.1 Å². The number of aryl methyl sites for hydroxylation is 1. The van der Waals surface area contributed by atoms with E-state index in [-0.39, 0.29) is 24.3 Å². The van der Waals surface area contributed by atoms with Gasteiger partial charge >= 0.3 is 6.18 Å². The van der Waals surface area contributed by atoms with Gasteiger partial charge in [-0.05, 0) is 56.7 Å². The minimum absolute atomic E-state index is 0.00580. The van der Waals surface area contributed by atoms with Gasteiger partial charge in [0.25, 0.3) is 0 Å². The molecule has 3 aliphatic rings. The van der Waals surface area contributed by atoms with Crippen LogP contribution in [0.3, 0.4) is 0 Å². The lowest BCUT2D eigenvalue weighted by Gasteiger charge is -2.60. The van der Waals surface area contributed by atoms with Crippen LogP contribution in [-0.2, 0) is 13.1 Å². The monoisotopic (exact) mass is 535 g/mol. The van der Waals surface area contributed by atoms with Crippen molar-refractivity contribution in [3.63, 3.8) is 0 Å². The van der Waals surface area contributed by atoms with Crippen molar-refractivity contribution in [1.29, 1.82) is 0 Å². The molecule has 0 N–H and O–H groups in total. The summed E-state index contributed by atoms with van der Waals surface area (Å²) in [5.41, 5.74) is -0.207. The number of nitrogens with zero attached hydrogens (tertiary/aromatic N) is 7. The predicted octanol–water partition coefficient (Wildman–Crippen LogP) is 4.75. The minimum atomic E-state index is -4.43. The minimum Gasteiger partial charge on any atom is -0.355 e. The van der Waals surface area contributed by atoms with Crippen LogP contribution < -0.4 is 9.80 Å². The summed E-state index contributed by atoms with van der Waals surface area (Å²) in [6.07, 6.45) is -4.43. The summed E-state index contributed by atoms with van der Waals surface area (Å²) in [7, 11) is 0. The predicted molar refractivity (Wildman–Crippen MR) is 132 cm³/mol. The number of alkyl halides is 3. The molecule has 3 aliphatic heterocycles.